The van der Waals surface area contributed by atoms with E-state index in [-0.39, 0.29) is 11.4 Å². The fraction of sp³-hybridized carbons (Fsp3) is 0.444. The van der Waals surface area contributed by atoms with Crippen LogP contribution in [0.15, 0.2) is 24.3 Å². The van der Waals surface area contributed by atoms with Crippen molar-refractivity contribution in [3.63, 3.8) is 0 Å². The Hall–Kier alpha value is -2.15. The van der Waals surface area contributed by atoms with E-state index in [9.17, 15) is 9.00 Å². The first-order valence-electron chi connectivity index (χ1n) is 8.30. The minimum atomic E-state index is -0.942. The fourth-order valence-corrected chi connectivity index (χ4v) is 4.05. The maximum Gasteiger partial charge on any atom is 0.256 e. The Kier molecular flexibility index (Phi) is 4.69. The van der Waals surface area contributed by atoms with Crippen LogP contribution >= 0.6 is 0 Å². The lowest BCUT2D eigenvalue weighted by atomic mass is 10.1. The molecule has 1 aliphatic rings. The number of nitrogens with one attached hydrogen (secondary N) is 1. The number of carbonyl (C=O) groups excluding carboxylic acids is 1. The molecule has 0 saturated carbocycles. The highest BCUT2D eigenvalue weighted by molar-refractivity contribution is 7.83. The Morgan fingerprint density at radius 2 is 1.96 bits per heavy atom. The molecule has 0 aliphatic carbocycles. The first-order chi connectivity index (χ1) is 11.8. The summed E-state index contributed by atoms with van der Waals surface area (Å²) >= 11 is 0. The SMILES string of the molecule is CCOc1ccc(C(=O)Nc2c3c(nn2C(C)(C)C)CS(=O)C3)cc1. The molecule has 1 N–H and O–H groups in total. The Balaban J connectivity index is 1.89. The maximum atomic E-state index is 12.7. The number of carbonyl (C=O) groups is 1. The molecule has 1 atom stereocenters. The molecule has 0 fully saturated rings. The van der Waals surface area contributed by atoms with E-state index in [1.54, 1.807) is 24.3 Å². The van der Waals surface area contributed by atoms with Gasteiger partial charge < -0.3 is 10.1 Å². The number of hydrogen-bond acceptors (Lipinski definition) is 4. The van der Waals surface area contributed by atoms with Gasteiger partial charge in [0, 0.05) is 21.9 Å². The fourth-order valence-electron chi connectivity index (χ4n) is 2.79. The third kappa shape index (κ3) is 3.61. The lowest BCUT2D eigenvalue weighted by molar-refractivity contribution is 0.102. The normalized spacial score (nSPS) is 16.6. The summed E-state index contributed by atoms with van der Waals surface area (Å²) in [4.78, 5) is 12.7. The Bertz CT molecular complexity index is 819. The molecular formula is C18H23N3O3S. The Morgan fingerprint density at radius 3 is 2.56 bits per heavy atom. The number of ether oxygens (including phenoxy) is 1. The molecule has 25 heavy (non-hydrogen) atoms. The van der Waals surface area contributed by atoms with Crippen LogP contribution in [0.1, 0.15) is 49.3 Å². The van der Waals surface area contributed by atoms with Gasteiger partial charge in [0.05, 0.1) is 29.3 Å². The van der Waals surface area contributed by atoms with Gasteiger partial charge in [-0.05, 0) is 52.0 Å². The summed E-state index contributed by atoms with van der Waals surface area (Å²) < 4.78 is 19.1. The monoisotopic (exact) mass is 361 g/mol. The quantitative estimate of drug-likeness (QED) is 0.908. The van der Waals surface area contributed by atoms with Gasteiger partial charge in [-0.1, -0.05) is 0 Å². The standard InChI is InChI=1S/C18H23N3O3S/c1-5-24-13-8-6-12(7-9-13)17(22)19-16-14-10-25(23)11-15(14)20-21(16)18(2,3)4/h6-9H,5,10-11H2,1-4H3,(H,19,22). The van der Waals surface area contributed by atoms with Crippen molar-refractivity contribution < 1.29 is 13.7 Å². The highest BCUT2D eigenvalue weighted by Crippen LogP contribution is 2.33. The van der Waals surface area contributed by atoms with Gasteiger partial charge in [-0.25, -0.2) is 4.68 Å². The van der Waals surface area contributed by atoms with Crippen molar-refractivity contribution >= 4 is 22.5 Å². The third-order valence-corrected chi connectivity index (χ3v) is 5.17. The second-order valence-electron chi connectivity index (χ2n) is 7.00. The average Bonchev–Trinajstić information content (AvgIpc) is 3.05. The summed E-state index contributed by atoms with van der Waals surface area (Å²) in [5.41, 5.74) is 1.95. The molecule has 1 aromatic heterocycles. The number of nitrogens with zero attached hydrogens (tertiary/aromatic N) is 2. The lowest BCUT2D eigenvalue weighted by Crippen LogP contribution is -2.27. The van der Waals surface area contributed by atoms with Crippen LogP contribution in [0.4, 0.5) is 5.82 Å². The van der Waals surface area contributed by atoms with E-state index < -0.39 is 10.8 Å². The zero-order valence-corrected chi connectivity index (χ0v) is 15.8. The summed E-state index contributed by atoms with van der Waals surface area (Å²) in [6, 6.07) is 7.02. The van der Waals surface area contributed by atoms with E-state index >= 15 is 0 Å². The molecule has 1 aromatic carbocycles. The molecule has 1 aliphatic heterocycles. The van der Waals surface area contributed by atoms with Crippen LogP contribution < -0.4 is 10.1 Å². The summed E-state index contributed by atoms with van der Waals surface area (Å²) in [5.74, 6) is 2.05. The van der Waals surface area contributed by atoms with E-state index in [0.29, 0.717) is 29.5 Å². The minimum Gasteiger partial charge on any atom is -0.494 e. The zero-order chi connectivity index (χ0) is 18.2. The molecule has 0 spiro atoms. The number of aromatic nitrogens is 2. The largest absolute Gasteiger partial charge is 0.494 e. The van der Waals surface area contributed by atoms with E-state index in [2.05, 4.69) is 10.4 Å². The number of benzene rings is 1. The number of amides is 1. The van der Waals surface area contributed by atoms with Crippen LogP contribution in [0.3, 0.4) is 0 Å². The van der Waals surface area contributed by atoms with Crippen LogP contribution in [0.25, 0.3) is 0 Å². The number of rotatable bonds is 4. The average molecular weight is 361 g/mol. The third-order valence-electron chi connectivity index (χ3n) is 3.96. The molecule has 0 saturated heterocycles. The second kappa shape index (κ2) is 6.63. The summed E-state index contributed by atoms with van der Waals surface area (Å²) in [5, 5.41) is 7.56. The van der Waals surface area contributed by atoms with Gasteiger partial charge in [-0.2, -0.15) is 5.10 Å². The molecular weight excluding hydrogens is 338 g/mol. The van der Waals surface area contributed by atoms with Crippen LogP contribution in [0, 0.1) is 0 Å². The maximum absolute atomic E-state index is 12.7. The predicted octanol–water partition coefficient (Wildman–Crippen LogP) is 3.05. The van der Waals surface area contributed by atoms with Crippen LogP contribution in [0.2, 0.25) is 0 Å². The molecule has 6 nitrogen and oxygen atoms in total. The van der Waals surface area contributed by atoms with E-state index in [1.807, 2.05) is 32.4 Å². The predicted molar refractivity (Wildman–Crippen MR) is 98.3 cm³/mol. The van der Waals surface area contributed by atoms with E-state index in [4.69, 9.17) is 4.74 Å². The van der Waals surface area contributed by atoms with Gasteiger partial charge in [0.1, 0.15) is 11.6 Å². The molecule has 7 heteroatoms. The summed E-state index contributed by atoms with van der Waals surface area (Å²) in [7, 11) is -0.942. The molecule has 0 bridgehead atoms. The molecule has 3 rings (SSSR count). The van der Waals surface area contributed by atoms with E-state index in [1.165, 1.54) is 0 Å². The highest BCUT2D eigenvalue weighted by atomic mass is 32.2. The minimum absolute atomic E-state index is 0.214. The molecule has 1 amide bonds. The van der Waals surface area contributed by atoms with Gasteiger partial charge in [0.15, 0.2) is 0 Å². The van der Waals surface area contributed by atoms with Crippen molar-refractivity contribution in [3.05, 3.63) is 41.1 Å². The van der Waals surface area contributed by atoms with Gasteiger partial charge >= 0.3 is 0 Å². The summed E-state index contributed by atoms with van der Waals surface area (Å²) in [6.07, 6.45) is 0. The van der Waals surface area contributed by atoms with Gasteiger partial charge in [-0.15, -0.1) is 0 Å². The topological polar surface area (TPSA) is 73.2 Å². The molecule has 134 valence electrons. The van der Waals surface area contributed by atoms with Gasteiger partial charge in [0.2, 0.25) is 0 Å². The summed E-state index contributed by atoms with van der Waals surface area (Å²) in [6.45, 7) is 8.58. The number of fused-ring (bicyclic) bond motifs is 1. The Labute approximate surface area is 150 Å². The zero-order valence-electron chi connectivity index (χ0n) is 15.0. The smallest absolute Gasteiger partial charge is 0.256 e. The van der Waals surface area contributed by atoms with Crippen molar-refractivity contribution in [2.45, 2.75) is 44.7 Å². The molecule has 0 radical (unpaired) electrons. The van der Waals surface area contributed by atoms with Crippen LogP contribution in [-0.2, 0) is 27.8 Å². The van der Waals surface area contributed by atoms with Crippen molar-refractivity contribution in [2.75, 3.05) is 11.9 Å². The molecule has 2 aromatic rings. The van der Waals surface area contributed by atoms with Crippen molar-refractivity contribution in [2.24, 2.45) is 0 Å². The van der Waals surface area contributed by atoms with E-state index in [0.717, 1.165) is 17.0 Å². The van der Waals surface area contributed by atoms with Crippen LogP contribution in [-0.4, -0.2) is 26.5 Å². The lowest BCUT2D eigenvalue weighted by Gasteiger charge is -2.23. The Morgan fingerprint density at radius 1 is 1.28 bits per heavy atom. The second-order valence-corrected chi connectivity index (χ2v) is 8.45. The molecule has 2 heterocycles. The molecule has 1 unspecified atom stereocenters. The van der Waals surface area contributed by atoms with Gasteiger partial charge in [-0.3, -0.25) is 9.00 Å². The first kappa shape index (κ1) is 17.7. The van der Waals surface area contributed by atoms with Crippen molar-refractivity contribution in [1.29, 1.82) is 0 Å². The van der Waals surface area contributed by atoms with Gasteiger partial charge in [0.25, 0.3) is 5.91 Å². The van der Waals surface area contributed by atoms with Crippen molar-refractivity contribution in [1.82, 2.24) is 9.78 Å². The number of hydrogen-bond donors (Lipinski definition) is 1. The van der Waals surface area contributed by atoms with Crippen molar-refractivity contribution in [3.8, 4) is 5.75 Å². The number of anilines is 1. The van der Waals surface area contributed by atoms with Crippen LogP contribution in [0.5, 0.6) is 5.75 Å². The first-order valence-corrected chi connectivity index (χ1v) is 9.79. The highest BCUT2D eigenvalue weighted by Gasteiger charge is 2.31.